The van der Waals surface area contributed by atoms with E-state index in [2.05, 4.69) is 4.98 Å². The quantitative estimate of drug-likeness (QED) is 0.781. The predicted octanol–water partition coefficient (Wildman–Crippen LogP) is 0.297. The van der Waals surface area contributed by atoms with E-state index in [1.54, 1.807) is 24.1 Å². The average Bonchev–Trinajstić information content (AvgIpc) is 2.24. The van der Waals surface area contributed by atoms with Crippen LogP contribution in [0.4, 0.5) is 0 Å². The Bertz CT molecular complexity index is 409. The van der Waals surface area contributed by atoms with Crippen molar-refractivity contribution in [1.29, 1.82) is 0 Å². The number of amides is 1. The Morgan fingerprint density at radius 2 is 2.31 bits per heavy atom. The van der Waals surface area contributed by atoms with Crippen LogP contribution < -0.4 is 4.74 Å². The standard InChI is InChI=1S/C11H14N2O3/c1-11(15)6-13(7-11)10(14)8-3-4-12-5-9(8)16-2/h3-5,15H,6-7H2,1-2H3. The first-order chi connectivity index (χ1) is 7.53. The second kappa shape index (κ2) is 3.75. The summed E-state index contributed by atoms with van der Waals surface area (Å²) in [7, 11) is 1.50. The largest absolute Gasteiger partial charge is 0.494 e. The van der Waals surface area contributed by atoms with Gasteiger partial charge < -0.3 is 14.7 Å². The van der Waals surface area contributed by atoms with Gasteiger partial charge >= 0.3 is 0 Å². The van der Waals surface area contributed by atoms with Crippen molar-refractivity contribution in [3.63, 3.8) is 0 Å². The van der Waals surface area contributed by atoms with Crippen LogP contribution in [0.5, 0.6) is 5.75 Å². The highest BCUT2D eigenvalue weighted by atomic mass is 16.5. The molecule has 0 aromatic carbocycles. The first-order valence-corrected chi connectivity index (χ1v) is 5.03. The lowest BCUT2D eigenvalue weighted by Crippen LogP contribution is -2.61. The van der Waals surface area contributed by atoms with Crippen molar-refractivity contribution >= 4 is 5.91 Å². The third-order valence-electron chi connectivity index (χ3n) is 2.59. The van der Waals surface area contributed by atoms with Crippen molar-refractivity contribution < 1.29 is 14.6 Å². The molecule has 1 aromatic rings. The summed E-state index contributed by atoms with van der Waals surface area (Å²) >= 11 is 0. The molecule has 1 fully saturated rings. The molecule has 5 nitrogen and oxygen atoms in total. The summed E-state index contributed by atoms with van der Waals surface area (Å²) in [5.41, 5.74) is -0.274. The van der Waals surface area contributed by atoms with E-state index >= 15 is 0 Å². The van der Waals surface area contributed by atoms with E-state index in [1.807, 2.05) is 0 Å². The number of methoxy groups -OCH3 is 1. The Kier molecular flexibility index (Phi) is 2.55. The molecule has 2 heterocycles. The Balaban J connectivity index is 2.16. The molecular weight excluding hydrogens is 208 g/mol. The van der Waals surface area contributed by atoms with Crippen molar-refractivity contribution in [3.8, 4) is 5.75 Å². The zero-order valence-corrected chi connectivity index (χ0v) is 9.30. The van der Waals surface area contributed by atoms with Gasteiger partial charge in [-0.05, 0) is 13.0 Å². The number of nitrogens with zero attached hydrogens (tertiary/aromatic N) is 2. The molecule has 86 valence electrons. The molecule has 0 unspecified atom stereocenters. The normalized spacial score (nSPS) is 17.8. The lowest BCUT2D eigenvalue weighted by molar-refractivity contribution is -0.0669. The monoisotopic (exact) mass is 222 g/mol. The number of likely N-dealkylation sites (tertiary alicyclic amines) is 1. The fraction of sp³-hybridized carbons (Fsp3) is 0.455. The Morgan fingerprint density at radius 3 is 2.88 bits per heavy atom. The Labute approximate surface area is 93.7 Å². The number of aromatic nitrogens is 1. The van der Waals surface area contributed by atoms with Gasteiger partial charge in [0.25, 0.3) is 5.91 Å². The molecule has 1 amide bonds. The van der Waals surface area contributed by atoms with Crippen LogP contribution in [0.1, 0.15) is 17.3 Å². The zero-order valence-electron chi connectivity index (χ0n) is 9.30. The minimum Gasteiger partial charge on any atom is -0.494 e. The molecule has 0 saturated carbocycles. The lowest BCUT2D eigenvalue weighted by atomic mass is 9.96. The third-order valence-corrected chi connectivity index (χ3v) is 2.59. The minimum atomic E-state index is -0.754. The second-order valence-electron chi connectivity index (χ2n) is 4.23. The molecule has 1 aliphatic rings. The summed E-state index contributed by atoms with van der Waals surface area (Å²) in [5, 5.41) is 9.57. The second-order valence-corrected chi connectivity index (χ2v) is 4.23. The van der Waals surface area contributed by atoms with Gasteiger partial charge in [0.05, 0.1) is 37.6 Å². The van der Waals surface area contributed by atoms with E-state index in [-0.39, 0.29) is 5.91 Å². The van der Waals surface area contributed by atoms with Crippen LogP contribution in [-0.4, -0.2) is 46.7 Å². The van der Waals surface area contributed by atoms with Gasteiger partial charge in [-0.15, -0.1) is 0 Å². The first-order valence-electron chi connectivity index (χ1n) is 5.03. The van der Waals surface area contributed by atoms with Crippen LogP contribution in [0.15, 0.2) is 18.5 Å². The van der Waals surface area contributed by atoms with Crippen LogP contribution in [0, 0.1) is 0 Å². The minimum absolute atomic E-state index is 0.134. The molecule has 16 heavy (non-hydrogen) atoms. The number of carbonyl (C=O) groups is 1. The van der Waals surface area contributed by atoms with Crippen molar-refractivity contribution in [2.75, 3.05) is 20.2 Å². The summed E-state index contributed by atoms with van der Waals surface area (Å²) in [6, 6.07) is 1.62. The highest BCUT2D eigenvalue weighted by Gasteiger charge is 2.40. The highest BCUT2D eigenvalue weighted by Crippen LogP contribution is 2.25. The maximum absolute atomic E-state index is 12.0. The molecule has 1 saturated heterocycles. The molecule has 1 N–H and O–H groups in total. The summed E-state index contributed by atoms with van der Waals surface area (Å²) < 4.78 is 5.06. The van der Waals surface area contributed by atoms with E-state index in [0.717, 1.165) is 0 Å². The molecule has 1 aliphatic heterocycles. The van der Waals surface area contributed by atoms with Gasteiger partial charge in [-0.1, -0.05) is 0 Å². The zero-order chi connectivity index (χ0) is 11.8. The molecular formula is C11H14N2O3. The van der Waals surface area contributed by atoms with Crippen molar-refractivity contribution in [2.24, 2.45) is 0 Å². The number of hydrogen-bond donors (Lipinski definition) is 1. The average molecular weight is 222 g/mol. The van der Waals surface area contributed by atoms with Crippen LogP contribution >= 0.6 is 0 Å². The van der Waals surface area contributed by atoms with E-state index in [4.69, 9.17) is 4.74 Å². The van der Waals surface area contributed by atoms with Gasteiger partial charge in [0, 0.05) is 6.20 Å². The van der Waals surface area contributed by atoms with Gasteiger partial charge in [0.15, 0.2) is 0 Å². The molecule has 2 rings (SSSR count). The number of rotatable bonds is 2. The van der Waals surface area contributed by atoms with E-state index in [1.165, 1.54) is 13.3 Å². The summed E-state index contributed by atoms with van der Waals surface area (Å²) in [6.45, 7) is 2.43. The number of carbonyl (C=O) groups excluding carboxylic acids is 1. The molecule has 1 aromatic heterocycles. The topological polar surface area (TPSA) is 62.7 Å². The van der Waals surface area contributed by atoms with E-state index in [9.17, 15) is 9.90 Å². The number of hydrogen-bond acceptors (Lipinski definition) is 4. The number of ether oxygens (including phenoxy) is 1. The van der Waals surface area contributed by atoms with Gasteiger partial charge in [-0.3, -0.25) is 9.78 Å². The van der Waals surface area contributed by atoms with Crippen LogP contribution in [0.25, 0.3) is 0 Å². The van der Waals surface area contributed by atoms with Crippen molar-refractivity contribution in [3.05, 3.63) is 24.0 Å². The number of β-amino-alcohol motifs (C(OH)–C–C–N with tert-alkyl or cyclic N) is 1. The Morgan fingerprint density at radius 1 is 1.62 bits per heavy atom. The number of pyridine rings is 1. The fourth-order valence-corrected chi connectivity index (χ4v) is 1.81. The van der Waals surface area contributed by atoms with Gasteiger partial charge in [0.1, 0.15) is 5.75 Å². The predicted molar refractivity (Wildman–Crippen MR) is 57.3 cm³/mol. The third kappa shape index (κ3) is 1.86. The van der Waals surface area contributed by atoms with Gasteiger partial charge in [0.2, 0.25) is 0 Å². The maximum Gasteiger partial charge on any atom is 0.257 e. The summed E-state index contributed by atoms with van der Waals surface area (Å²) in [5.74, 6) is 0.324. The Hall–Kier alpha value is -1.62. The van der Waals surface area contributed by atoms with Crippen molar-refractivity contribution in [2.45, 2.75) is 12.5 Å². The summed E-state index contributed by atoms with van der Waals surface area (Å²) in [4.78, 5) is 17.5. The molecule has 0 spiro atoms. The first kappa shape index (κ1) is 10.9. The van der Waals surface area contributed by atoms with E-state index < -0.39 is 5.60 Å². The highest BCUT2D eigenvalue weighted by molar-refractivity contribution is 5.97. The lowest BCUT2D eigenvalue weighted by Gasteiger charge is -2.44. The van der Waals surface area contributed by atoms with Crippen LogP contribution in [-0.2, 0) is 0 Å². The fourth-order valence-electron chi connectivity index (χ4n) is 1.81. The van der Waals surface area contributed by atoms with Crippen molar-refractivity contribution in [1.82, 2.24) is 9.88 Å². The molecule has 0 aliphatic carbocycles. The maximum atomic E-state index is 12.0. The molecule has 0 radical (unpaired) electrons. The van der Waals surface area contributed by atoms with E-state index in [0.29, 0.717) is 24.4 Å². The molecule has 5 heteroatoms. The molecule has 0 bridgehead atoms. The smallest absolute Gasteiger partial charge is 0.257 e. The van der Waals surface area contributed by atoms with Crippen LogP contribution in [0.2, 0.25) is 0 Å². The summed E-state index contributed by atoms with van der Waals surface area (Å²) in [6.07, 6.45) is 3.05. The number of aliphatic hydroxyl groups is 1. The van der Waals surface area contributed by atoms with Gasteiger partial charge in [-0.25, -0.2) is 0 Å². The SMILES string of the molecule is COc1cnccc1C(=O)N1CC(C)(O)C1. The molecule has 0 atom stereocenters. The van der Waals surface area contributed by atoms with Gasteiger partial charge in [-0.2, -0.15) is 0 Å². The van der Waals surface area contributed by atoms with Crippen LogP contribution in [0.3, 0.4) is 0 Å².